The highest BCUT2D eigenvalue weighted by Crippen LogP contribution is 2.20. The Labute approximate surface area is 130 Å². The highest BCUT2D eigenvalue weighted by atomic mass is 32.1. The van der Waals surface area contributed by atoms with Crippen LogP contribution >= 0.6 is 11.3 Å². The average molecular weight is 313 g/mol. The molecule has 1 amide bonds. The van der Waals surface area contributed by atoms with Gasteiger partial charge in [-0.05, 0) is 37.3 Å². The Morgan fingerprint density at radius 2 is 2.00 bits per heavy atom. The number of carbonyl (C=O) groups is 1. The Bertz CT molecular complexity index is 785. The monoisotopic (exact) mass is 313 g/mol. The molecule has 0 fully saturated rings. The van der Waals surface area contributed by atoms with Crippen LogP contribution in [0.3, 0.4) is 0 Å². The fourth-order valence-corrected chi connectivity index (χ4v) is 2.51. The minimum absolute atomic E-state index is 0.0276. The van der Waals surface area contributed by atoms with Gasteiger partial charge in [0.1, 0.15) is 11.6 Å². The first-order valence-electron chi connectivity index (χ1n) is 6.23. The van der Waals surface area contributed by atoms with Crippen LogP contribution < -0.4 is 5.32 Å². The van der Waals surface area contributed by atoms with Crippen LogP contribution in [0.2, 0.25) is 0 Å². The number of nitrogens with one attached hydrogen (secondary N) is 1. The van der Waals surface area contributed by atoms with Crippen LogP contribution in [0.5, 0.6) is 0 Å². The van der Waals surface area contributed by atoms with E-state index in [0.29, 0.717) is 5.69 Å². The van der Waals surface area contributed by atoms with Crippen LogP contribution in [-0.2, 0) is 4.79 Å². The van der Waals surface area contributed by atoms with Crippen molar-refractivity contribution in [3.05, 3.63) is 61.8 Å². The fraction of sp³-hybridized carbons (Fsp3) is 0.0667. The molecule has 6 nitrogen and oxygen atoms in total. The normalized spacial score (nSPS) is 10.8. The number of non-ortho nitro benzene ring substituents is 1. The number of rotatable bonds is 4. The summed E-state index contributed by atoms with van der Waals surface area (Å²) in [6.07, 6.45) is 1.51. The molecule has 1 aromatic carbocycles. The molecule has 7 heteroatoms. The third kappa shape index (κ3) is 3.77. The van der Waals surface area contributed by atoms with E-state index < -0.39 is 10.8 Å². The molecule has 0 bridgehead atoms. The van der Waals surface area contributed by atoms with Gasteiger partial charge >= 0.3 is 0 Å². The molecule has 0 saturated heterocycles. The fourth-order valence-electron chi connectivity index (χ4n) is 1.69. The summed E-state index contributed by atoms with van der Waals surface area (Å²) < 4.78 is 0. The number of nitrogens with zero attached hydrogens (tertiary/aromatic N) is 2. The Kier molecular flexibility index (Phi) is 4.66. The number of anilines is 1. The average Bonchev–Trinajstić information content (AvgIpc) is 2.90. The summed E-state index contributed by atoms with van der Waals surface area (Å²) in [6, 6.07) is 11.0. The molecular formula is C15H11N3O3S. The standard InChI is InChI=1S/C15H11N3O3S/c1-10-2-7-14(22-10)8-11(9-16)15(19)17-12-3-5-13(6-4-12)18(20)21/h2-8H,1H3,(H,17,19)/b11-8+. The summed E-state index contributed by atoms with van der Waals surface area (Å²) in [5, 5.41) is 22.2. The molecule has 0 aliphatic rings. The van der Waals surface area contributed by atoms with Gasteiger partial charge in [-0.25, -0.2) is 0 Å². The van der Waals surface area contributed by atoms with Crippen molar-refractivity contribution in [2.75, 3.05) is 5.32 Å². The molecule has 0 spiro atoms. The zero-order valence-corrected chi connectivity index (χ0v) is 12.4. The summed E-state index contributed by atoms with van der Waals surface area (Å²) in [7, 11) is 0. The number of amides is 1. The molecule has 0 unspecified atom stereocenters. The first kappa shape index (κ1) is 15.4. The van der Waals surface area contributed by atoms with Crippen molar-refractivity contribution in [2.45, 2.75) is 6.92 Å². The summed E-state index contributed by atoms with van der Waals surface area (Å²) in [5.74, 6) is -0.553. The van der Waals surface area contributed by atoms with Gasteiger partial charge in [-0.3, -0.25) is 14.9 Å². The van der Waals surface area contributed by atoms with Crippen LogP contribution in [0.25, 0.3) is 6.08 Å². The van der Waals surface area contributed by atoms with E-state index in [-0.39, 0.29) is 11.3 Å². The van der Waals surface area contributed by atoms with Gasteiger partial charge in [-0.2, -0.15) is 5.26 Å². The van der Waals surface area contributed by atoms with Gasteiger partial charge in [-0.15, -0.1) is 11.3 Å². The first-order chi connectivity index (χ1) is 10.5. The quantitative estimate of drug-likeness (QED) is 0.404. The van der Waals surface area contributed by atoms with Gasteiger partial charge < -0.3 is 5.32 Å². The molecule has 2 rings (SSSR count). The van der Waals surface area contributed by atoms with Gasteiger partial charge in [0.25, 0.3) is 11.6 Å². The van der Waals surface area contributed by atoms with E-state index in [0.717, 1.165) is 9.75 Å². The van der Waals surface area contributed by atoms with Crippen molar-refractivity contribution in [3.63, 3.8) is 0 Å². The third-order valence-electron chi connectivity index (χ3n) is 2.75. The van der Waals surface area contributed by atoms with Crippen molar-refractivity contribution in [1.82, 2.24) is 0 Å². The highest BCUT2D eigenvalue weighted by Gasteiger charge is 2.11. The van der Waals surface area contributed by atoms with Gasteiger partial charge in [0.15, 0.2) is 0 Å². The predicted octanol–water partition coefficient (Wildman–Crippen LogP) is 3.51. The summed E-state index contributed by atoms with van der Waals surface area (Å²) in [5.41, 5.74) is 0.294. The van der Waals surface area contributed by atoms with Crippen molar-refractivity contribution in [3.8, 4) is 6.07 Å². The molecule has 1 N–H and O–H groups in total. The predicted molar refractivity (Wildman–Crippen MR) is 84.4 cm³/mol. The van der Waals surface area contributed by atoms with E-state index in [2.05, 4.69) is 5.32 Å². The van der Waals surface area contributed by atoms with Crippen molar-refractivity contribution in [1.29, 1.82) is 5.26 Å². The van der Waals surface area contributed by atoms with Crippen LogP contribution in [-0.4, -0.2) is 10.8 Å². The maximum atomic E-state index is 12.0. The van der Waals surface area contributed by atoms with Crippen molar-refractivity contribution in [2.24, 2.45) is 0 Å². The van der Waals surface area contributed by atoms with E-state index in [1.54, 1.807) is 0 Å². The first-order valence-corrected chi connectivity index (χ1v) is 7.05. The second-order valence-corrected chi connectivity index (χ2v) is 5.70. The molecule has 0 saturated carbocycles. The number of benzene rings is 1. The van der Waals surface area contributed by atoms with Gasteiger partial charge in [0.2, 0.25) is 0 Å². The summed E-state index contributed by atoms with van der Waals surface area (Å²) >= 11 is 1.48. The van der Waals surface area contributed by atoms with Crippen LogP contribution in [0.4, 0.5) is 11.4 Å². The molecule has 0 aliphatic carbocycles. The number of hydrogen-bond acceptors (Lipinski definition) is 5. The lowest BCUT2D eigenvalue weighted by Gasteiger charge is -2.03. The molecule has 0 aliphatic heterocycles. The number of carbonyl (C=O) groups excluding carboxylic acids is 1. The summed E-state index contributed by atoms with van der Waals surface area (Å²) in [4.78, 5) is 24.0. The summed E-state index contributed by atoms with van der Waals surface area (Å²) in [6.45, 7) is 1.94. The van der Waals surface area contributed by atoms with E-state index in [4.69, 9.17) is 5.26 Å². The van der Waals surface area contributed by atoms with Crippen molar-refractivity contribution >= 4 is 34.7 Å². The second kappa shape index (κ2) is 6.65. The largest absolute Gasteiger partial charge is 0.321 e. The number of aryl methyl sites for hydroxylation is 1. The Hall–Kier alpha value is -2.98. The van der Waals surface area contributed by atoms with E-state index in [1.807, 2.05) is 25.1 Å². The topological polar surface area (TPSA) is 96.0 Å². The maximum Gasteiger partial charge on any atom is 0.269 e. The molecule has 2 aromatic rings. The lowest BCUT2D eigenvalue weighted by molar-refractivity contribution is -0.384. The van der Waals surface area contributed by atoms with Crippen LogP contribution in [0, 0.1) is 28.4 Å². The number of thiophene rings is 1. The second-order valence-electron chi connectivity index (χ2n) is 4.38. The molecular weight excluding hydrogens is 302 g/mol. The number of nitro benzene ring substituents is 1. The van der Waals surface area contributed by atoms with Gasteiger partial charge in [0, 0.05) is 27.6 Å². The highest BCUT2D eigenvalue weighted by molar-refractivity contribution is 7.12. The maximum absolute atomic E-state index is 12.0. The minimum atomic E-state index is -0.553. The smallest absolute Gasteiger partial charge is 0.269 e. The van der Waals surface area contributed by atoms with E-state index >= 15 is 0 Å². The van der Waals surface area contributed by atoms with Gasteiger partial charge in [0.05, 0.1) is 4.92 Å². The van der Waals surface area contributed by atoms with Crippen LogP contribution in [0.15, 0.2) is 42.0 Å². The lowest BCUT2D eigenvalue weighted by atomic mass is 10.2. The molecule has 22 heavy (non-hydrogen) atoms. The molecule has 0 atom stereocenters. The Morgan fingerprint density at radius 1 is 1.32 bits per heavy atom. The van der Waals surface area contributed by atoms with E-state index in [9.17, 15) is 14.9 Å². The Morgan fingerprint density at radius 3 is 2.50 bits per heavy atom. The van der Waals surface area contributed by atoms with Crippen molar-refractivity contribution < 1.29 is 9.72 Å². The lowest BCUT2D eigenvalue weighted by Crippen LogP contribution is -2.13. The molecule has 1 aromatic heterocycles. The molecule has 110 valence electrons. The zero-order valence-electron chi connectivity index (χ0n) is 11.6. The number of nitro groups is 1. The third-order valence-corrected chi connectivity index (χ3v) is 3.70. The van der Waals surface area contributed by atoms with E-state index in [1.165, 1.54) is 41.7 Å². The SMILES string of the molecule is Cc1ccc(/C=C(\C#N)C(=O)Nc2ccc([N+](=O)[O-])cc2)s1. The number of hydrogen-bond donors (Lipinski definition) is 1. The number of nitriles is 1. The minimum Gasteiger partial charge on any atom is -0.321 e. The Balaban J connectivity index is 2.14. The molecule has 1 heterocycles. The zero-order chi connectivity index (χ0) is 16.1. The van der Waals surface area contributed by atoms with Crippen LogP contribution in [0.1, 0.15) is 9.75 Å². The molecule has 0 radical (unpaired) electrons. The van der Waals surface area contributed by atoms with Gasteiger partial charge in [-0.1, -0.05) is 0 Å².